The molecule has 1 N–H and O–H groups in total. The summed E-state index contributed by atoms with van der Waals surface area (Å²) < 4.78 is 4.84. The molecule has 1 fully saturated rings. The van der Waals surface area contributed by atoms with Crippen LogP contribution < -0.4 is 0 Å². The standard InChI is InChI=1S/C17H25N3O5/c1-17(2,16(22)25-3)12-19-8-6-18(7-9-19)11-13-10-14(20(23)24)4-5-15(13)21/h4-5,10,21H,6-9,11-12H2,1-3H3. The Balaban J connectivity index is 1.92. The van der Waals surface area contributed by atoms with Gasteiger partial charge in [-0.1, -0.05) is 0 Å². The third-order valence-corrected chi connectivity index (χ3v) is 4.49. The summed E-state index contributed by atoms with van der Waals surface area (Å²) in [6, 6.07) is 4.08. The number of nitro benzene ring substituents is 1. The highest BCUT2D eigenvalue weighted by Crippen LogP contribution is 2.25. The largest absolute Gasteiger partial charge is 0.508 e. The average Bonchev–Trinajstić information content (AvgIpc) is 2.57. The van der Waals surface area contributed by atoms with Crippen molar-refractivity contribution in [2.75, 3.05) is 39.8 Å². The molecule has 1 heterocycles. The van der Waals surface area contributed by atoms with Crippen LogP contribution in [0.5, 0.6) is 5.75 Å². The van der Waals surface area contributed by atoms with Crippen LogP contribution in [0.3, 0.4) is 0 Å². The molecule has 1 aromatic carbocycles. The predicted octanol–water partition coefficient (Wildman–Crippen LogP) is 1.62. The molecule has 0 saturated carbocycles. The van der Waals surface area contributed by atoms with Gasteiger partial charge in [0.15, 0.2) is 0 Å². The number of nitro groups is 1. The molecule has 0 bridgehead atoms. The number of phenolic OH excluding ortho intramolecular Hbond substituents is 1. The zero-order valence-electron chi connectivity index (χ0n) is 14.9. The minimum atomic E-state index is -0.560. The van der Waals surface area contributed by atoms with Gasteiger partial charge in [-0.25, -0.2) is 0 Å². The minimum Gasteiger partial charge on any atom is -0.508 e. The summed E-state index contributed by atoms with van der Waals surface area (Å²) in [6.45, 7) is 7.92. The summed E-state index contributed by atoms with van der Waals surface area (Å²) in [5.74, 6) is -0.156. The smallest absolute Gasteiger partial charge is 0.312 e. The molecule has 25 heavy (non-hydrogen) atoms. The summed E-state index contributed by atoms with van der Waals surface area (Å²) in [5, 5.41) is 20.8. The molecule has 0 aliphatic carbocycles. The number of hydrogen-bond acceptors (Lipinski definition) is 7. The number of carbonyl (C=O) groups excluding carboxylic acids is 1. The van der Waals surface area contributed by atoms with Gasteiger partial charge in [-0.15, -0.1) is 0 Å². The molecule has 8 nitrogen and oxygen atoms in total. The van der Waals surface area contributed by atoms with Gasteiger partial charge in [-0.3, -0.25) is 24.7 Å². The number of phenols is 1. The summed E-state index contributed by atoms with van der Waals surface area (Å²) in [7, 11) is 1.40. The molecule has 0 aromatic heterocycles. The number of esters is 1. The van der Waals surface area contributed by atoms with Gasteiger partial charge in [-0.05, 0) is 19.9 Å². The van der Waals surface area contributed by atoms with E-state index in [0.717, 1.165) is 26.2 Å². The molecule has 1 saturated heterocycles. The van der Waals surface area contributed by atoms with Crippen molar-refractivity contribution in [1.82, 2.24) is 9.80 Å². The number of piperazine rings is 1. The molecule has 138 valence electrons. The van der Waals surface area contributed by atoms with Crippen molar-refractivity contribution < 1.29 is 19.6 Å². The lowest BCUT2D eigenvalue weighted by atomic mass is 9.92. The molecule has 0 unspecified atom stereocenters. The minimum absolute atomic E-state index is 0.0220. The van der Waals surface area contributed by atoms with Crippen molar-refractivity contribution >= 4 is 11.7 Å². The second kappa shape index (κ2) is 7.79. The van der Waals surface area contributed by atoms with Crippen LogP contribution in [0.1, 0.15) is 19.4 Å². The monoisotopic (exact) mass is 351 g/mol. The predicted molar refractivity (Wildman–Crippen MR) is 92.3 cm³/mol. The molecule has 1 aromatic rings. The topological polar surface area (TPSA) is 96.2 Å². The van der Waals surface area contributed by atoms with E-state index in [-0.39, 0.29) is 17.4 Å². The second-order valence-corrected chi connectivity index (χ2v) is 7.00. The van der Waals surface area contributed by atoms with E-state index >= 15 is 0 Å². The van der Waals surface area contributed by atoms with Gasteiger partial charge in [-0.2, -0.15) is 0 Å². The summed E-state index contributed by atoms with van der Waals surface area (Å²) in [5.41, 5.74) is -0.0290. The molecule has 0 radical (unpaired) electrons. The molecule has 1 aliphatic heterocycles. The number of rotatable bonds is 6. The number of nitrogens with zero attached hydrogens (tertiary/aromatic N) is 3. The molecule has 0 atom stereocenters. The fourth-order valence-electron chi connectivity index (χ4n) is 3.06. The molecular weight excluding hydrogens is 326 g/mol. The third-order valence-electron chi connectivity index (χ3n) is 4.49. The maximum atomic E-state index is 11.8. The van der Waals surface area contributed by atoms with Gasteiger partial charge in [0.05, 0.1) is 17.4 Å². The summed E-state index contributed by atoms with van der Waals surface area (Å²) in [6.07, 6.45) is 0. The lowest BCUT2D eigenvalue weighted by Gasteiger charge is -2.38. The van der Waals surface area contributed by atoms with Crippen molar-refractivity contribution in [2.45, 2.75) is 20.4 Å². The lowest BCUT2D eigenvalue weighted by Crippen LogP contribution is -2.50. The van der Waals surface area contributed by atoms with E-state index in [1.165, 1.54) is 25.3 Å². The number of methoxy groups -OCH3 is 1. The molecule has 8 heteroatoms. The van der Waals surface area contributed by atoms with E-state index in [1.54, 1.807) is 0 Å². The van der Waals surface area contributed by atoms with Crippen molar-refractivity contribution in [3.8, 4) is 5.75 Å². The number of non-ortho nitro benzene ring substituents is 1. The normalized spacial score (nSPS) is 16.6. The quantitative estimate of drug-likeness (QED) is 0.472. The summed E-state index contributed by atoms with van der Waals surface area (Å²) in [4.78, 5) is 26.6. The van der Waals surface area contributed by atoms with Gasteiger partial charge in [0.2, 0.25) is 0 Å². The van der Waals surface area contributed by atoms with E-state index < -0.39 is 10.3 Å². The number of carbonyl (C=O) groups is 1. The Hall–Kier alpha value is -2.19. The Morgan fingerprint density at radius 3 is 2.44 bits per heavy atom. The zero-order chi connectivity index (χ0) is 18.6. The fourth-order valence-corrected chi connectivity index (χ4v) is 3.06. The number of aromatic hydroxyl groups is 1. The van der Waals surface area contributed by atoms with Gasteiger partial charge in [0.25, 0.3) is 5.69 Å². The Morgan fingerprint density at radius 1 is 1.28 bits per heavy atom. The molecule has 2 rings (SSSR count). The van der Waals surface area contributed by atoms with Gasteiger partial charge >= 0.3 is 5.97 Å². The van der Waals surface area contributed by atoms with Crippen molar-refractivity contribution in [1.29, 1.82) is 0 Å². The second-order valence-electron chi connectivity index (χ2n) is 7.00. The maximum Gasteiger partial charge on any atom is 0.312 e. The van der Waals surface area contributed by atoms with E-state index in [9.17, 15) is 20.0 Å². The van der Waals surface area contributed by atoms with Crippen molar-refractivity contribution in [3.05, 3.63) is 33.9 Å². The third kappa shape index (κ3) is 4.90. The first-order valence-corrected chi connectivity index (χ1v) is 8.22. The van der Waals surface area contributed by atoms with Crippen LogP contribution in [0, 0.1) is 15.5 Å². The maximum absolute atomic E-state index is 11.8. The Labute approximate surface area is 147 Å². The molecular formula is C17H25N3O5. The van der Waals surface area contributed by atoms with E-state index in [2.05, 4.69) is 9.80 Å². The Morgan fingerprint density at radius 2 is 1.88 bits per heavy atom. The van der Waals surface area contributed by atoms with Crippen LogP contribution in [0.25, 0.3) is 0 Å². The van der Waals surface area contributed by atoms with E-state index in [0.29, 0.717) is 18.7 Å². The first-order chi connectivity index (χ1) is 11.7. The lowest BCUT2D eigenvalue weighted by molar-refractivity contribution is -0.385. The van der Waals surface area contributed by atoms with E-state index in [1.807, 2.05) is 13.8 Å². The first kappa shape index (κ1) is 19.1. The van der Waals surface area contributed by atoms with Crippen molar-refractivity contribution in [3.63, 3.8) is 0 Å². The van der Waals surface area contributed by atoms with Gasteiger partial charge in [0.1, 0.15) is 5.75 Å². The molecule has 0 spiro atoms. The average molecular weight is 351 g/mol. The van der Waals surface area contributed by atoms with Crippen LogP contribution in [-0.4, -0.2) is 65.6 Å². The molecule has 1 aliphatic rings. The first-order valence-electron chi connectivity index (χ1n) is 8.22. The number of ether oxygens (including phenoxy) is 1. The van der Waals surface area contributed by atoms with E-state index in [4.69, 9.17) is 4.74 Å². The Bertz CT molecular complexity index is 639. The highest BCUT2D eigenvalue weighted by atomic mass is 16.6. The zero-order valence-corrected chi connectivity index (χ0v) is 14.9. The molecule has 0 amide bonds. The number of hydrogen-bond donors (Lipinski definition) is 1. The van der Waals surface area contributed by atoms with Crippen LogP contribution in [0.2, 0.25) is 0 Å². The van der Waals surface area contributed by atoms with Crippen LogP contribution in [0.15, 0.2) is 18.2 Å². The highest BCUT2D eigenvalue weighted by molar-refractivity contribution is 5.76. The van der Waals surface area contributed by atoms with Gasteiger partial charge in [0, 0.05) is 57.0 Å². The van der Waals surface area contributed by atoms with Crippen LogP contribution >= 0.6 is 0 Å². The highest BCUT2D eigenvalue weighted by Gasteiger charge is 2.32. The Kier molecular flexibility index (Phi) is 5.97. The SMILES string of the molecule is COC(=O)C(C)(C)CN1CCN(Cc2cc([N+](=O)[O-])ccc2O)CC1. The number of benzene rings is 1. The summed E-state index contributed by atoms with van der Waals surface area (Å²) >= 11 is 0. The van der Waals surface area contributed by atoms with Gasteiger partial charge < -0.3 is 9.84 Å². The van der Waals surface area contributed by atoms with Crippen LogP contribution in [0.4, 0.5) is 5.69 Å². The van der Waals surface area contributed by atoms with Crippen LogP contribution in [-0.2, 0) is 16.1 Å². The van der Waals surface area contributed by atoms with Crippen molar-refractivity contribution in [2.24, 2.45) is 5.41 Å². The fraction of sp³-hybridized carbons (Fsp3) is 0.588.